The zero-order chi connectivity index (χ0) is 15.3. The van der Waals surface area contributed by atoms with E-state index in [2.05, 4.69) is 26.0 Å². The summed E-state index contributed by atoms with van der Waals surface area (Å²) in [7, 11) is -3.51. The summed E-state index contributed by atoms with van der Waals surface area (Å²) in [6.07, 6.45) is 0.0701. The summed E-state index contributed by atoms with van der Waals surface area (Å²) in [4.78, 5) is 11.7. The Morgan fingerprint density at radius 3 is 2.52 bits per heavy atom. The molecular weight excluding hydrogens is 376 g/mol. The molecule has 21 heavy (non-hydrogen) atoms. The Kier molecular flexibility index (Phi) is 5.51. The van der Waals surface area contributed by atoms with Crippen molar-refractivity contribution in [2.24, 2.45) is 0 Å². The number of nitrogens with one attached hydrogen (secondary N) is 2. The van der Waals surface area contributed by atoms with Crippen LogP contribution in [-0.4, -0.2) is 20.9 Å². The number of hydrogen-bond donors (Lipinski definition) is 2. The fraction of sp³-hybridized carbons (Fsp3) is 0.154. The largest absolute Gasteiger partial charge is 0.326 e. The molecule has 2 rings (SSSR count). The smallest absolute Gasteiger partial charge is 0.250 e. The van der Waals surface area contributed by atoms with Crippen molar-refractivity contribution in [1.29, 1.82) is 0 Å². The average molecular weight is 389 g/mol. The highest BCUT2D eigenvalue weighted by Gasteiger charge is 2.14. The number of thiophene rings is 1. The molecule has 0 aliphatic heterocycles. The van der Waals surface area contributed by atoms with Crippen LogP contribution in [0.5, 0.6) is 0 Å². The van der Waals surface area contributed by atoms with E-state index in [-0.39, 0.29) is 23.1 Å². The molecule has 0 unspecified atom stereocenters. The minimum absolute atomic E-state index is 0.0581. The summed E-state index contributed by atoms with van der Waals surface area (Å²) < 4.78 is 27.2. The van der Waals surface area contributed by atoms with Crippen LogP contribution >= 0.6 is 27.3 Å². The Balaban J connectivity index is 1.81. The first-order valence-electron chi connectivity index (χ1n) is 6.06. The highest BCUT2D eigenvalue weighted by molar-refractivity contribution is 9.10. The van der Waals surface area contributed by atoms with E-state index in [9.17, 15) is 13.2 Å². The second-order valence-corrected chi connectivity index (χ2v) is 7.99. The molecular formula is C13H13BrN2O3S2. The van der Waals surface area contributed by atoms with Gasteiger partial charge in [0.05, 0.1) is 0 Å². The van der Waals surface area contributed by atoms with Crippen molar-refractivity contribution in [1.82, 2.24) is 4.72 Å². The number of carbonyl (C=O) groups is 1. The predicted octanol–water partition coefficient (Wildman–Crippen LogP) is 2.82. The zero-order valence-electron chi connectivity index (χ0n) is 10.9. The summed E-state index contributed by atoms with van der Waals surface area (Å²) >= 11 is 4.44. The van der Waals surface area contributed by atoms with Crippen LogP contribution in [0.3, 0.4) is 0 Å². The van der Waals surface area contributed by atoms with Crippen LogP contribution in [0, 0.1) is 0 Å². The fourth-order valence-corrected chi connectivity index (χ4v) is 3.88. The second kappa shape index (κ2) is 7.17. The summed E-state index contributed by atoms with van der Waals surface area (Å²) in [5.41, 5.74) is 0.671. The van der Waals surface area contributed by atoms with Gasteiger partial charge in [-0.05, 0) is 35.7 Å². The number of rotatable bonds is 6. The molecule has 2 aromatic rings. The molecule has 5 nitrogen and oxygen atoms in total. The van der Waals surface area contributed by atoms with E-state index in [0.717, 1.165) is 15.8 Å². The maximum absolute atomic E-state index is 11.8. The number of amides is 1. The maximum Gasteiger partial charge on any atom is 0.250 e. The topological polar surface area (TPSA) is 75.3 Å². The molecule has 0 saturated heterocycles. The van der Waals surface area contributed by atoms with E-state index in [4.69, 9.17) is 0 Å². The number of anilines is 1. The Labute approximate surface area is 135 Å². The van der Waals surface area contributed by atoms with E-state index >= 15 is 0 Å². The number of halogens is 1. The molecule has 0 bridgehead atoms. The lowest BCUT2D eigenvalue weighted by Gasteiger charge is -2.06. The van der Waals surface area contributed by atoms with Crippen molar-refractivity contribution in [2.45, 2.75) is 10.6 Å². The van der Waals surface area contributed by atoms with Crippen molar-refractivity contribution in [3.63, 3.8) is 0 Å². The molecule has 0 aliphatic carbocycles. The van der Waals surface area contributed by atoms with Crippen molar-refractivity contribution in [3.8, 4) is 0 Å². The first-order valence-corrected chi connectivity index (χ1v) is 9.21. The van der Waals surface area contributed by atoms with Gasteiger partial charge < -0.3 is 5.32 Å². The molecule has 0 atom stereocenters. The van der Waals surface area contributed by atoms with Gasteiger partial charge in [-0.3, -0.25) is 4.79 Å². The number of carbonyl (C=O) groups excluding carboxylic acids is 1. The molecule has 2 N–H and O–H groups in total. The maximum atomic E-state index is 11.8. The van der Waals surface area contributed by atoms with Crippen LogP contribution in [0.15, 0.2) is 50.5 Å². The second-order valence-electron chi connectivity index (χ2n) is 4.13. The molecule has 1 heterocycles. The van der Waals surface area contributed by atoms with E-state index in [1.807, 2.05) is 12.1 Å². The van der Waals surface area contributed by atoms with E-state index in [1.54, 1.807) is 23.6 Å². The zero-order valence-corrected chi connectivity index (χ0v) is 14.1. The van der Waals surface area contributed by atoms with Gasteiger partial charge in [0.2, 0.25) is 15.9 Å². The summed E-state index contributed by atoms with van der Waals surface area (Å²) in [6, 6.07) is 10.3. The van der Waals surface area contributed by atoms with Gasteiger partial charge in [0.15, 0.2) is 0 Å². The number of hydrogen-bond acceptors (Lipinski definition) is 4. The highest BCUT2D eigenvalue weighted by atomic mass is 79.9. The minimum Gasteiger partial charge on any atom is -0.326 e. The van der Waals surface area contributed by atoms with E-state index < -0.39 is 10.0 Å². The monoisotopic (exact) mass is 388 g/mol. The van der Waals surface area contributed by atoms with E-state index in [0.29, 0.717) is 5.69 Å². The third-order valence-electron chi connectivity index (χ3n) is 2.53. The van der Waals surface area contributed by atoms with Crippen molar-refractivity contribution in [3.05, 3.63) is 46.3 Å². The van der Waals surface area contributed by atoms with Gasteiger partial charge in [-0.15, -0.1) is 11.3 Å². The summed E-state index contributed by atoms with van der Waals surface area (Å²) in [6.45, 7) is 0.0581. The molecule has 0 aliphatic rings. The SMILES string of the molecule is O=C(CCNS(=O)(=O)c1cccs1)Nc1ccc(Br)cc1. The van der Waals surface area contributed by atoms with Crippen molar-refractivity contribution < 1.29 is 13.2 Å². The lowest BCUT2D eigenvalue weighted by molar-refractivity contribution is -0.116. The molecule has 1 amide bonds. The quantitative estimate of drug-likeness (QED) is 0.798. The van der Waals surface area contributed by atoms with Gasteiger partial charge in [0.1, 0.15) is 4.21 Å². The molecule has 8 heteroatoms. The van der Waals surface area contributed by atoms with Gasteiger partial charge >= 0.3 is 0 Å². The lowest BCUT2D eigenvalue weighted by atomic mass is 10.3. The van der Waals surface area contributed by atoms with Crippen LogP contribution in [0.2, 0.25) is 0 Å². The Hall–Kier alpha value is -1.22. The van der Waals surface area contributed by atoms with Crippen LogP contribution < -0.4 is 10.0 Å². The fourth-order valence-electron chi connectivity index (χ4n) is 1.54. The summed E-state index contributed by atoms with van der Waals surface area (Å²) in [5.74, 6) is -0.244. The van der Waals surface area contributed by atoms with Crippen LogP contribution in [0.1, 0.15) is 6.42 Å². The van der Waals surface area contributed by atoms with Gasteiger partial charge in [0.25, 0.3) is 0 Å². The van der Waals surface area contributed by atoms with Gasteiger partial charge in [0, 0.05) is 23.1 Å². The van der Waals surface area contributed by atoms with Gasteiger partial charge in [-0.1, -0.05) is 22.0 Å². The Bertz CT molecular complexity index is 698. The van der Waals surface area contributed by atoms with Crippen LogP contribution in [0.4, 0.5) is 5.69 Å². The molecule has 0 radical (unpaired) electrons. The standard InChI is InChI=1S/C13H13BrN2O3S2/c14-10-3-5-11(6-4-10)16-12(17)7-8-15-21(18,19)13-2-1-9-20-13/h1-6,9,15H,7-8H2,(H,16,17). The number of sulfonamides is 1. The summed E-state index contributed by atoms with van der Waals surface area (Å²) in [5, 5.41) is 4.39. The molecule has 0 fully saturated rings. The minimum atomic E-state index is -3.51. The van der Waals surface area contributed by atoms with Gasteiger partial charge in [-0.2, -0.15) is 0 Å². The third-order valence-corrected chi connectivity index (χ3v) is 5.92. The molecule has 0 saturated carbocycles. The lowest BCUT2D eigenvalue weighted by Crippen LogP contribution is -2.27. The van der Waals surface area contributed by atoms with Crippen molar-refractivity contribution >= 4 is 48.9 Å². The first kappa shape index (κ1) is 16.2. The van der Waals surface area contributed by atoms with Gasteiger partial charge in [-0.25, -0.2) is 13.1 Å². The molecule has 0 spiro atoms. The molecule has 1 aromatic carbocycles. The third kappa shape index (κ3) is 4.92. The molecule has 1 aromatic heterocycles. The average Bonchev–Trinajstić information content (AvgIpc) is 2.96. The highest BCUT2D eigenvalue weighted by Crippen LogP contribution is 2.16. The number of benzene rings is 1. The molecule has 112 valence electrons. The Morgan fingerprint density at radius 2 is 1.90 bits per heavy atom. The van der Waals surface area contributed by atoms with Crippen LogP contribution in [0.25, 0.3) is 0 Å². The normalized spacial score (nSPS) is 11.3. The Morgan fingerprint density at radius 1 is 1.19 bits per heavy atom. The first-order chi connectivity index (χ1) is 9.97. The van der Waals surface area contributed by atoms with Crippen molar-refractivity contribution in [2.75, 3.05) is 11.9 Å². The predicted molar refractivity (Wildman–Crippen MR) is 86.9 cm³/mol. The van der Waals surface area contributed by atoms with Crippen LogP contribution in [-0.2, 0) is 14.8 Å². The van der Waals surface area contributed by atoms with E-state index in [1.165, 1.54) is 6.07 Å².